The Balaban J connectivity index is 1.99. The van der Waals surface area contributed by atoms with Crippen molar-refractivity contribution in [3.63, 3.8) is 0 Å². The van der Waals surface area contributed by atoms with Gasteiger partial charge in [0.1, 0.15) is 0 Å². The van der Waals surface area contributed by atoms with Gasteiger partial charge in [-0.05, 0) is 37.8 Å². The maximum atomic E-state index is 3.84. The molecule has 1 aromatic rings. The highest BCUT2D eigenvalue weighted by atomic mass is 15.1. The van der Waals surface area contributed by atoms with E-state index in [4.69, 9.17) is 0 Å². The molecule has 0 unspecified atom stereocenters. The third-order valence-electron chi connectivity index (χ3n) is 4.14. The van der Waals surface area contributed by atoms with Crippen LogP contribution in [-0.2, 0) is 0 Å². The van der Waals surface area contributed by atoms with Gasteiger partial charge in [-0.1, -0.05) is 25.0 Å². The van der Waals surface area contributed by atoms with Crippen LogP contribution in [0.4, 0.5) is 11.4 Å². The Labute approximate surface area is 97.4 Å². The van der Waals surface area contributed by atoms with Crippen LogP contribution in [0.25, 0.3) is 0 Å². The van der Waals surface area contributed by atoms with Crippen LogP contribution in [0, 0.1) is 6.92 Å². The van der Waals surface area contributed by atoms with Gasteiger partial charge in [-0.15, -0.1) is 0 Å². The van der Waals surface area contributed by atoms with Crippen molar-refractivity contribution in [2.75, 3.05) is 17.2 Å². The molecule has 1 aliphatic heterocycles. The van der Waals surface area contributed by atoms with E-state index in [-0.39, 0.29) is 0 Å². The Hall–Kier alpha value is -1.18. The van der Waals surface area contributed by atoms with Crippen LogP contribution in [0.1, 0.15) is 37.7 Å². The van der Waals surface area contributed by atoms with Crippen LogP contribution in [-0.4, -0.2) is 12.1 Å². The van der Waals surface area contributed by atoms with Gasteiger partial charge >= 0.3 is 0 Å². The first-order valence-corrected chi connectivity index (χ1v) is 6.41. The molecule has 0 bridgehead atoms. The number of hydrogen-bond acceptors (Lipinski definition) is 2. The summed E-state index contributed by atoms with van der Waals surface area (Å²) in [5.74, 6) is 0. The number of hydrogen-bond donors (Lipinski definition) is 2. The van der Waals surface area contributed by atoms with Gasteiger partial charge in [0.2, 0.25) is 0 Å². The lowest BCUT2D eigenvalue weighted by molar-refractivity contribution is 0.461. The second-order valence-electron chi connectivity index (χ2n) is 5.29. The van der Waals surface area contributed by atoms with Crippen LogP contribution in [0.5, 0.6) is 0 Å². The van der Waals surface area contributed by atoms with Gasteiger partial charge in [0, 0.05) is 12.1 Å². The first kappa shape index (κ1) is 10.0. The van der Waals surface area contributed by atoms with E-state index < -0.39 is 0 Å². The molecule has 0 aromatic heterocycles. The number of anilines is 2. The van der Waals surface area contributed by atoms with E-state index in [9.17, 15) is 0 Å². The normalized spacial score (nSPS) is 22.1. The van der Waals surface area contributed by atoms with Crippen molar-refractivity contribution >= 4 is 11.4 Å². The van der Waals surface area contributed by atoms with Crippen molar-refractivity contribution in [3.8, 4) is 0 Å². The standard InChI is InChI=1S/C14H20N2/c1-11-5-4-6-12-13(11)16-14(9-10-15-12)7-2-3-8-14/h4-6,15-16H,2-3,7-10H2,1H3. The van der Waals surface area contributed by atoms with Crippen molar-refractivity contribution in [1.82, 2.24) is 0 Å². The molecule has 0 radical (unpaired) electrons. The van der Waals surface area contributed by atoms with Gasteiger partial charge in [0.15, 0.2) is 0 Å². The average Bonchev–Trinajstić information content (AvgIpc) is 2.62. The number of aryl methyl sites for hydroxylation is 1. The fourth-order valence-corrected chi connectivity index (χ4v) is 3.17. The molecular weight excluding hydrogens is 196 g/mol. The molecule has 2 heteroatoms. The Bertz CT molecular complexity index is 392. The predicted molar refractivity (Wildman–Crippen MR) is 69.1 cm³/mol. The number of rotatable bonds is 0. The highest BCUT2D eigenvalue weighted by Gasteiger charge is 2.35. The molecule has 1 fully saturated rings. The predicted octanol–water partition coefficient (Wildman–Crippen LogP) is 3.54. The third-order valence-corrected chi connectivity index (χ3v) is 4.14. The molecule has 16 heavy (non-hydrogen) atoms. The van der Waals surface area contributed by atoms with Gasteiger partial charge in [-0.2, -0.15) is 0 Å². The van der Waals surface area contributed by atoms with E-state index in [1.165, 1.54) is 49.0 Å². The van der Waals surface area contributed by atoms with E-state index in [1.54, 1.807) is 0 Å². The largest absolute Gasteiger partial charge is 0.383 e. The van der Waals surface area contributed by atoms with Gasteiger partial charge in [-0.25, -0.2) is 0 Å². The van der Waals surface area contributed by atoms with Crippen LogP contribution < -0.4 is 10.6 Å². The minimum Gasteiger partial charge on any atom is -0.383 e. The lowest BCUT2D eigenvalue weighted by Crippen LogP contribution is -2.35. The Kier molecular flexibility index (Phi) is 2.31. The number of nitrogens with one attached hydrogen (secondary N) is 2. The summed E-state index contributed by atoms with van der Waals surface area (Å²) in [6.45, 7) is 3.30. The summed E-state index contributed by atoms with van der Waals surface area (Å²) in [4.78, 5) is 0. The van der Waals surface area contributed by atoms with Gasteiger partial charge in [0.25, 0.3) is 0 Å². The maximum absolute atomic E-state index is 3.84. The summed E-state index contributed by atoms with van der Waals surface area (Å²) >= 11 is 0. The lowest BCUT2D eigenvalue weighted by atomic mass is 9.93. The third kappa shape index (κ3) is 1.57. The molecule has 1 aliphatic carbocycles. The monoisotopic (exact) mass is 216 g/mol. The summed E-state index contributed by atoms with van der Waals surface area (Å²) in [5, 5.41) is 7.40. The van der Waals surface area contributed by atoms with Crippen molar-refractivity contribution in [3.05, 3.63) is 23.8 Å². The van der Waals surface area contributed by atoms with Gasteiger partial charge in [0.05, 0.1) is 11.4 Å². The molecule has 2 nitrogen and oxygen atoms in total. The van der Waals surface area contributed by atoms with Crippen molar-refractivity contribution in [1.29, 1.82) is 0 Å². The Morgan fingerprint density at radius 1 is 1.12 bits per heavy atom. The molecule has 2 aliphatic rings. The molecule has 86 valence electrons. The molecule has 1 spiro atoms. The van der Waals surface area contributed by atoms with Crippen LogP contribution in [0.3, 0.4) is 0 Å². The Morgan fingerprint density at radius 2 is 1.94 bits per heavy atom. The van der Waals surface area contributed by atoms with Crippen LogP contribution in [0.2, 0.25) is 0 Å². The summed E-state index contributed by atoms with van der Waals surface area (Å²) in [5.41, 5.74) is 4.36. The van der Waals surface area contributed by atoms with Crippen LogP contribution in [0.15, 0.2) is 18.2 Å². The number of benzene rings is 1. The molecule has 3 rings (SSSR count). The highest BCUT2D eigenvalue weighted by Crippen LogP contribution is 2.40. The molecule has 1 saturated carbocycles. The van der Waals surface area contributed by atoms with Crippen molar-refractivity contribution in [2.24, 2.45) is 0 Å². The second kappa shape index (κ2) is 3.69. The molecule has 1 aromatic carbocycles. The van der Waals surface area contributed by atoms with E-state index in [2.05, 4.69) is 35.8 Å². The number of fused-ring (bicyclic) bond motifs is 1. The van der Waals surface area contributed by atoms with E-state index in [0.717, 1.165) is 6.54 Å². The summed E-state index contributed by atoms with van der Waals surface area (Å²) in [6, 6.07) is 6.51. The molecular formula is C14H20N2. The van der Waals surface area contributed by atoms with Crippen molar-refractivity contribution < 1.29 is 0 Å². The van der Waals surface area contributed by atoms with Crippen molar-refractivity contribution in [2.45, 2.75) is 44.6 Å². The summed E-state index contributed by atoms with van der Waals surface area (Å²) < 4.78 is 0. The minimum absolute atomic E-state index is 0.379. The molecule has 0 atom stereocenters. The molecule has 0 saturated heterocycles. The molecule has 2 N–H and O–H groups in total. The number of para-hydroxylation sites is 1. The first-order chi connectivity index (χ1) is 7.79. The average molecular weight is 216 g/mol. The van der Waals surface area contributed by atoms with E-state index >= 15 is 0 Å². The fraction of sp³-hybridized carbons (Fsp3) is 0.571. The zero-order valence-corrected chi connectivity index (χ0v) is 9.97. The van der Waals surface area contributed by atoms with E-state index in [1.807, 2.05) is 0 Å². The summed E-state index contributed by atoms with van der Waals surface area (Å²) in [7, 11) is 0. The first-order valence-electron chi connectivity index (χ1n) is 6.41. The SMILES string of the molecule is Cc1cccc2c1NC1(CCCC1)CCN2. The fourth-order valence-electron chi connectivity index (χ4n) is 3.17. The van der Waals surface area contributed by atoms with Gasteiger partial charge in [-0.3, -0.25) is 0 Å². The zero-order chi connectivity index (χ0) is 11.0. The quantitative estimate of drug-likeness (QED) is 0.693. The summed E-state index contributed by atoms with van der Waals surface area (Å²) in [6.07, 6.45) is 6.69. The Morgan fingerprint density at radius 3 is 2.75 bits per heavy atom. The second-order valence-corrected chi connectivity index (χ2v) is 5.29. The zero-order valence-electron chi connectivity index (χ0n) is 9.97. The van der Waals surface area contributed by atoms with Crippen LogP contribution >= 0.6 is 0 Å². The molecule has 0 amide bonds. The maximum Gasteiger partial charge on any atom is 0.0609 e. The lowest BCUT2D eigenvalue weighted by Gasteiger charge is -2.30. The highest BCUT2D eigenvalue weighted by molar-refractivity contribution is 5.74. The molecule has 1 heterocycles. The topological polar surface area (TPSA) is 24.1 Å². The minimum atomic E-state index is 0.379. The van der Waals surface area contributed by atoms with E-state index in [0.29, 0.717) is 5.54 Å². The van der Waals surface area contributed by atoms with Gasteiger partial charge < -0.3 is 10.6 Å². The smallest absolute Gasteiger partial charge is 0.0609 e.